The van der Waals surface area contributed by atoms with Gasteiger partial charge in [0.05, 0.1) is 0 Å². The van der Waals surface area contributed by atoms with Crippen LogP contribution in [-0.2, 0) is 46.9 Å². The maximum atomic E-state index is 3.65. The van der Waals surface area contributed by atoms with Crippen LogP contribution in [0.25, 0.3) is 22.3 Å². The zero-order chi connectivity index (χ0) is 36.7. The normalized spacial score (nSPS) is 26.3. The van der Waals surface area contributed by atoms with Crippen molar-refractivity contribution in [3.63, 3.8) is 0 Å². The van der Waals surface area contributed by atoms with Crippen LogP contribution in [0, 0.1) is 36.7 Å². The van der Waals surface area contributed by atoms with Crippen molar-refractivity contribution in [3.8, 4) is 11.1 Å². The van der Waals surface area contributed by atoms with Crippen LogP contribution in [0.15, 0.2) is 78.9 Å². The minimum Gasteiger partial charge on any atom is -1.00 e. The zero-order valence-electron chi connectivity index (χ0n) is 34.0. The molecule has 0 radical (unpaired) electrons. The maximum Gasteiger partial charge on any atom is -0.0407 e. The van der Waals surface area contributed by atoms with E-state index in [4.69, 9.17) is 0 Å². The third-order valence-corrected chi connectivity index (χ3v) is 15.9. The van der Waals surface area contributed by atoms with E-state index in [1.165, 1.54) is 123 Å². The molecule has 7 aliphatic carbocycles. The van der Waals surface area contributed by atoms with Crippen molar-refractivity contribution < 1.29 is 49.0 Å². The van der Waals surface area contributed by atoms with Crippen molar-refractivity contribution in [2.45, 2.75) is 124 Å². The Hall–Kier alpha value is -2.18. The van der Waals surface area contributed by atoms with E-state index in [0.717, 1.165) is 30.1 Å². The van der Waals surface area contributed by atoms with E-state index >= 15 is 0 Å². The summed E-state index contributed by atoms with van der Waals surface area (Å²) in [6.45, 7) is 20.7. The molecule has 7 aliphatic rings. The van der Waals surface area contributed by atoms with Crippen LogP contribution in [0.5, 0.6) is 0 Å². The molecule has 282 valence electrons. The van der Waals surface area contributed by atoms with E-state index in [0.29, 0.717) is 5.41 Å². The number of fused-ring (bicyclic) bond motifs is 5. The van der Waals surface area contributed by atoms with E-state index in [9.17, 15) is 0 Å². The fourth-order valence-electron chi connectivity index (χ4n) is 11.7. The fraction of sp³-hybridized carbons (Fsp3) is 0.451. The predicted octanol–water partition coefficient (Wildman–Crippen LogP) is 7.05. The number of hydrogen-bond donors (Lipinski definition) is 0. The molecule has 0 aliphatic heterocycles. The van der Waals surface area contributed by atoms with Crippen molar-refractivity contribution >= 4 is 14.4 Å². The third-order valence-electron chi connectivity index (χ3n) is 14.3. The zero-order valence-corrected chi connectivity index (χ0v) is 38.0. The second kappa shape index (κ2) is 15.3. The number of halogens is 2. The average Bonchev–Trinajstić information content (AvgIpc) is 3.83. The van der Waals surface area contributed by atoms with Gasteiger partial charge in [-0.25, -0.2) is 11.6 Å². The Morgan fingerprint density at radius 1 is 0.741 bits per heavy atom. The summed E-state index contributed by atoms with van der Waals surface area (Å²) in [5.41, 5.74) is 19.6. The monoisotopic (exact) mass is 830 g/mol. The van der Waals surface area contributed by atoms with Crippen LogP contribution in [0.2, 0.25) is 0 Å². The van der Waals surface area contributed by atoms with Crippen molar-refractivity contribution in [2.24, 2.45) is 23.7 Å². The van der Waals surface area contributed by atoms with Gasteiger partial charge in [-0.2, -0.15) is 28.8 Å². The van der Waals surface area contributed by atoms with E-state index < -0.39 is 0 Å². The molecule has 0 saturated heterocycles. The Morgan fingerprint density at radius 3 is 1.87 bits per heavy atom. The van der Waals surface area contributed by atoms with E-state index in [-0.39, 0.29) is 35.6 Å². The van der Waals surface area contributed by atoms with Gasteiger partial charge < -0.3 is 24.8 Å². The molecule has 0 aromatic heterocycles. The van der Waals surface area contributed by atoms with E-state index in [1.807, 2.05) is 0 Å². The van der Waals surface area contributed by atoms with Gasteiger partial charge in [0.1, 0.15) is 0 Å². The number of rotatable bonds is 3. The van der Waals surface area contributed by atoms with Gasteiger partial charge in [0.25, 0.3) is 0 Å². The molecule has 0 N–H and O–H groups in total. The molecular weight excluding hydrogens is 775 g/mol. The van der Waals surface area contributed by atoms with Gasteiger partial charge in [0, 0.05) is 5.41 Å². The largest absolute Gasteiger partial charge is 1.00 e. The second-order valence-electron chi connectivity index (χ2n) is 18.7. The molecule has 11 rings (SSSR count). The fourth-order valence-corrected chi connectivity index (χ4v) is 12.1. The molecule has 4 aromatic rings. The minimum absolute atomic E-state index is 0. The van der Waals surface area contributed by atoms with Gasteiger partial charge >= 0.3 is 76.7 Å². The third kappa shape index (κ3) is 7.16. The summed E-state index contributed by atoms with van der Waals surface area (Å²) >= 11 is 1.54. The molecule has 0 amide bonds. The Kier molecular flexibility index (Phi) is 11.7. The number of benzene rings is 3. The Bertz CT molecular complexity index is 2010. The van der Waals surface area contributed by atoms with E-state index in [1.54, 1.807) is 15.2 Å². The first kappa shape index (κ1) is 41.5. The van der Waals surface area contributed by atoms with Crippen LogP contribution in [-0.4, -0.2) is 3.21 Å². The van der Waals surface area contributed by atoms with Gasteiger partial charge in [-0.15, -0.1) is 11.6 Å². The molecule has 4 saturated carbocycles. The Labute approximate surface area is 354 Å². The molecule has 4 aromatic carbocycles. The molecule has 0 atom stereocenters. The Balaban J connectivity index is 0.000000149. The van der Waals surface area contributed by atoms with Gasteiger partial charge in [-0.05, 0) is 114 Å². The summed E-state index contributed by atoms with van der Waals surface area (Å²) in [7, 11) is 0. The van der Waals surface area contributed by atoms with Crippen LogP contribution in [0.3, 0.4) is 0 Å². The summed E-state index contributed by atoms with van der Waals surface area (Å²) in [5, 5.41) is 0. The van der Waals surface area contributed by atoms with Gasteiger partial charge in [0.15, 0.2) is 0 Å². The molecule has 0 nitrogen and oxygen atoms in total. The summed E-state index contributed by atoms with van der Waals surface area (Å²) in [6, 6.07) is 27.6. The Morgan fingerprint density at radius 2 is 1.31 bits per heavy atom. The molecule has 0 spiro atoms. The maximum absolute atomic E-state index is 3.65. The summed E-state index contributed by atoms with van der Waals surface area (Å²) in [5.74, 6) is 4.14. The number of hydrogen-bond acceptors (Lipinski definition) is 0. The van der Waals surface area contributed by atoms with Crippen LogP contribution < -0.4 is 24.8 Å². The van der Waals surface area contributed by atoms with Gasteiger partial charge in [0.2, 0.25) is 0 Å². The second-order valence-corrected chi connectivity index (χ2v) is 20.2. The smallest absolute Gasteiger partial charge is 0.0407 e. The summed E-state index contributed by atoms with van der Waals surface area (Å²) in [6.07, 6.45) is 16.0. The topological polar surface area (TPSA) is 0 Å². The van der Waals surface area contributed by atoms with Crippen molar-refractivity contribution in [1.29, 1.82) is 0 Å². The van der Waals surface area contributed by atoms with Crippen LogP contribution in [0.4, 0.5) is 0 Å². The molecule has 3 heteroatoms. The molecule has 0 unspecified atom stereocenters. The summed E-state index contributed by atoms with van der Waals surface area (Å²) < 4.78 is 1.55. The quantitative estimate of drug-likeness (QED) is 0.171. The molecule has 54 heavy (non-hydrogen) atoms. The molecule has 4 fully saturated rings. The van der Waals surface area contributed by atoms with Crippen molar-refractivity contribution in [3.05, 3.63) is 135 Å². The molecule has 0 heterocycles. The minimum atomic E-state index is 0. The van der Waals surface area contributed by atoms with Crippen molar-refractivity contribution in [1.82, 2.24) is 0 Å². The number of allylic oxidation sites excluding steroid dienone is 4. The van der Waals surface area contributed by atoms with Crippen molar-refractivity contribution in [2.75, 3.05) is 0 Å². The first-order valence-corrected chi connectivity index (χ1v) is 21.4. The first-order valence-electron chi connectivity index (χ1n) is 20.2. The first-order chi connectivity index (χ1) is 24.7. The van der Waals surface area contributed by atoms with E-state index in [2.05, 4.69) is 147 Å². The SMILES string of the molecule is CC1=[C-]C(C)(C)c2cc3c(cc21)-c1cc2c(cc1C3)C(C)(C)C=C2C.CC[C](=[Zr+2])c1ccccc1.Cc1cc(C2(C)C3CC4CC(C3)CC2C4)c[cH-]1.[Cl-].[Cl-]. The molecular formula is C51H58Cl2Zr-2. The van der Waals surface area contributed by atoms with Gasteiger partial charge in [-0.1, -0.05) is 77.5 Å². The van der Waals surface area contributed by atoms with Crippen LogP contribution in [0.1, 0.15) is 144 Å². The number of aryl methyl sites for hydroxylation is 1. The van der Waals surface area contributed by atoms with Crippen LogP contribution >= 0.6 is 0 Å². The molecule has 4 bridgehead atoms. The summed E-state index contributed by atoms with van der Waals surface area (Å²) in [4.78, 5) is 0. The van der Waals surface area contributed by atoms with Gasteiger partial charge in [-0.3, -0.25) is 6.08 Å². The average molecular weight is 833 g/mol. The predicted molar refractivity (Wildman–Crippen MR) is 219 cm³/mol. The standard InChI is InChI=1S/C25H25.C17H23.C9H10.2ClH.Zr/c1-14-12-24(3,4)22-8-16-7-17-9-23-19(15(2)13-25(23,5)6)11-21(17)20(16)10-18(14)22;1-11-3-4-14(5-11)17(2)15-7-12-6-13(9-15)10-16(17)8-12;1-2-6-9-7-4-3-5-8-9;;;/h8-12H,7H2,1-6H3;3-5,12-13,15-16H,6-10H2,1-2H3;3-5,7-8H,2H2,1H3;2*1H;/q2*-1;;;;+2/p-2.